The molecule has 0 radical (unpaired) electrons. The number of hydrogen-bond acceptors (Lipinski definition) is 5. The van der Waals surface area contributed by atoms with E-state index in [0.29, 0.717) is 28.7 Å². The first-order chi connectivity index (χ1) is 15.1. The summed E-state index contributed by atoms with van der Waals surface area (Å²) in [6.45, 7) is 0.407. The normalized spacial score (nSPS) is 10.5. The van der Waals surface area contributed by atoms with Gasteiger partial charge in [0.05, 0.1) is 7.11 Å². The predicted octanol–water partition coefficient (Wildman–Crippen LogP) is 5.79. The van der Waals surface area contributed by atoms with E-state index in [1.807, 2.05) is 48.5 Å². The summed E-state index contributed by atoms with van der Waals surface area (Å²) in [5.41, 5.74) is 2.66. The number of rotatable bonds is 7. The van der Waals surface area contributed by atoms with Gasteiger partial charge in [-0.05, 0) is 54.1 Å². The van der Waals surface area contributed by atoms with Crippen LogP contribution in [-0.4, -0.2) is 18.0 Å². The van der Waals surface area contributed by atoms with Crippen molar-refractivity contribution in [1.82, 2.24) is 4.98 Å². The van der Waals surface area contributed by atoms with Gasteiger partial charge in [-0.25, -0.2) is 9.37 Å². The lowest BCUT2D eigenvalue weighted by atomic mass is 10.2. The minimum absolute atomic E-state index is 0.298. The maximum atomic E-state index is 13.0. The first-order valence-electron chi connectivity index (χ1n) is 9.49. The van der Waals surface area contributed by atoms with Crippen LogP contribution in [-0.2, 0) is 6.61 Å². The van der Waals surface area contributed by atoms with E-state index in [0.717, 1.165) is 16.9 Å². The first kappa shape index (κ1) is 20.6. The minimum atomic E-state index is -0.359. The predicted molar refractivity (Wildman–Crippen MR) is 119 cm³/mol. The summed E-state index contributed by atoms with van der Waals surface area (Å²) in [6.07, 6.45) is 0. The molecular weight excluding hydrogens is 415 g/mol. The van der Waals surface area contributed by atoms with Crippen LogP contribution in [0.5, 0.6) is 11.5 Å². The van der Waals surface area contributed by atoms with E-state index in [9.17, 15) is 9.18 Å². The molecule has 3 aromatic carbocycles. The summed E-state index contributed by atoms with van der Waals surface area (Å²) < 4.78 is 24.2. The standard InChI is InChI=1S/C24H19FN2O3S/c1-29-20-6-2-4-16(12-20)14-30-21-7-3-5-17(13-21)24-27-22(15-31-24)23(28)26-19-10-8-18(25)9-11-19/h2-13,15H,14H2,1H3,(H,26,28). The highest BCUT2D eigenvalue weighted by molar-refractivity contribution is 7.13. The molecule has 0 atom stereocenters. The summed E-state index contributed by atoms with van der Waals surface area (Å²) in [4.78, 5) is 16.9. The zero-order chi connectivity index (χ0) is 21.6. The highest BCUT2D eigenvalue weighted by Crippen LogP contribution is 2.28. The van der Waals surface area contributed by atoms with Gasteiger partial charge < -0.3 is 14.8 Å². The number of carbonyl (C=O) groups is 1. The molecule has 0 spiro atoms. The third-order valence-electron chi connectivity index (χ3n) is 4.46. The van der Waals surface area contributed by atoms with Crippen molar-refractivity contribution in [3.8, 4) is 22.1 Å². The lowest BCUT2D eigenvalue weighted by molar-refractivity contribution is 0.102. The van der Waals surface area contributed by atoms with Crippen LogP contribution in [0.15, 0.2) is 78.2 Å². The van der Waals surface area contributed by atoms with Gasteiger partial charge in [0.1, 0.15) is 34.6 Å². The number of methoxy groups -OCH3 is 1. The molecule has 1 N–H and O–H groups in total. The molecule has 0 unspecified atom stereocenters. The van der Waals surface area contributed by atoms with Crippen LogP contribution in [0.1, 0.15) is 16.1 Å². The monoisotopic (exact) mass is 434 g/mol. The lowest BCUT2D eigenvalue weighted by Gasteiger charge is -2.08. The molecule has 0 aliphatic heterocycles. The molecule has 0 aliphatic rings. The molecule has 1 heterocycles. The maximum absolute atomic E-state index is 13.0. The van der Waals surface area contributed by atoms with Crippen molar-refractivity contribution in [2.24, 2.45) is 0 Å². The minimum Gasteiger partial charge on any atom is -0.497 e. The Morgan fingerprint density at radius 1 is 1.03 bits per heavy atom. The summed E-state index contributed by atoms with van der Waals surface area (Å²) in [5.74, 6) is 0.777. The van der Waals surface area contributed by atoms with Crippen molar-refractivity contribution in [3.63, 3.8) is 0 Å². The average Bonchev–Trinajstić information content (AvgIpc) is 3.30. The fraction of sp³-hybridized carbons (Fsp3) is 0.0833. The average molecular weight is 434 g/mol. The van der Waals surface area contributed by atoms with E-state index in [1.54, 1.807) is 12.5 Å². The second-order valence-corrected chi connectivity index (χ2v) is 7.53. The largest absolute Gasteiger partial charge is 0.497 e. The quantitative estimate of drug-likeness (QED) is 0.400. The van der Waals surface area contributed by atoms with Gasteiger partial charge >= 0.3 is 0 Å². The van der Waals surface area contributed by atoms with E-state index in [-0.39, 0.29) is 11.7 Å². The van der Waals surface area contributed by atoms with Gasteiger partial charge in [0.15, 0.2) is 0 Å². The van der Waals surface area contributed by atoms with Gasteiger partial charge in [-0.15, -0.1) is 11.3 Å². The van der Waals surface area contributed by atoms with E-state index in [1.165, 1.54) is 35.6 Å². The van der Waals surface area contributed by atoms with Crippen LogP contribution in [0, 0.1) is 5.82 Å². The number of nitrogens with zero attached hydrogens (tertiary/aromatic N) is 1. The van der Waals surface area contributed by atoms with E-state index in [4.69, 9.17) is 9.47 Å². The molecule has 0 aliphatic carbocycles. The summed E-state index contributed by atoms with van der Waals surface area (Å²) in [7, 11) is 1.63. The lowest BCUT2D eigenvalue weighted by Crippen LogP contribution is -2.12. The topological polar surface area (TPSA) is 60.5 Å². The number of thiazole rings is 1. The molecule has 0 saturated heterocycles. The van der Waals surface area contributed by atoms with Crippen molar-refractivity contribution < 1.29 is 18.7 Å². The first-order valence-corrected chi connectivity index (χ1v) is 10.4. The van der Waals surface area contributed by atoms with Gasteiger partial charge in [-0.3, -0.25) is 4.79 Å². The SMILES string of the molecule is COc1cccc(COc2cccc(-c3nc(C(=O)Nc4ccc(F)cc4)cs3)c2)c1. The Hall–Kier alpha value is -3.71. The fourth-order valence-corrected chi connectivity index (χ4v) is 3.68. The Morgan fingerprint density at radius 2 is 1.81 bits per heavy atom. The third-order valence-corrected chi connectivity index (χ3v) is 5.35. The van der Waals surface area contributed by atoms with E-state index < -0.39 is 0 Å². The molecule has 0 saturated carbocycles. The number of amides is 1. The highest BCUT2D eigenvalue weighted by atomic mass is 32.1. The Labute approximate surface area is 183 Å². The van der Waals surface area contributed by atoms with Crippen LogP contribution in [0.25, 0.3) is 10.6 Å². The van der Waals surface area contributed by atoms with Gasteiger partial charge in [-0.2, -0.15) is 0 Å². The number of benzene rings is 3. The second kappa shape index (κ2) is 9.40. The fourth-order valence-electron chi connectivity index (χ4n) is 2.89. The number of aromatic nitrogens is 1. The van der Waals surface area contributed by atoms with Gasteiger partial charge in [0, 0.05) is 16.6 Å². The van der Waals surface area contributed by atoms with Crippen LogP contribution < -0.4 is 14.8 Å². The van der Waals surface area contributed by atoms with Crippen LogP contribution in [0.3, 0.4) is 0 Å². The molecular formula is C24H19FN2O3S. The van der Waals surface area contributed by atoms with Crippen molar-refractivity contribution >= 4 is 22.9 Å². The highest BCUT2D eigenvalue weighted by Gasteiger charge is 2.13. The molecule has 5 nitrogen and oxygen atoms in total. The van der Waals surface area contributed by atoms with Crippen molar-refractivity contribution in [2.45, 2.75) is 6.61 Å². The zero-order valence-corrected chi connectivity index (χ0v) is 17.5. The number of halogens is 1. The van der Waals surface area contributed by atoms with Crippen LogP contribution in [0.2, 0.25) is 0 Å². The molecule has 156 valence electrons. The van der Waals surface area contributed by atoms with Gasteiger partial charge in [-0.1, -0.05) is 24.3 Å². The number of nitrogens with one attached hydrogen (secondary N) is 1. The van der Waals surface area contributed by atoms with E-state index >= 15 is 0 Å². The van der Waals surface area contributed by atoms with E-state index in [2.05, 4.69) is 10.3 Å². The molecule has 4 rings (SSSR count). The van der Waals surface area contributed by atoms with Crippen molar-refractivity contribution in [3.05, 3.63) is 95.3 Å². The summed E-state index contributed by atoms with van der Waals surface area (Å²) >= 11 is 1.37. The second-order valence-electron chi connectivity index (χ2n) is 6.67. The zero-order valence-electron chi connectivity index (χ0n) is 16.7. The Morgan fingerprint density at radius 3 is 2.61 bits per heavy atom. The molecule has 7 heteroatoms. The maximum Gasteiger partial charge on any atom is 0.275 e. The van der Waals surface area contributed by atoms with Crippen LogP contribution in [0.4, 0.5) is 10.1 Å². The molecule has 1 aromatic heterocycles. The summed E-state index contributed by atoms with van der Waals surface area (Å²) in [5, 5.41) is 5.11. The Bertz CT molecular complexity index is 1190. The molecule has 0 bridgehead atoms. The van der Waals surface area contributed by atoms with Gasteiger partial charge in [0.2, 0.25) is 0 Å². The number of carbonyl (C=O) groups excluding carboxylic acids is 1. The molecule has 0 fully saturated rings. The van der Waals surface area contributed by atoms with Crippen LogP contribution >= 0.6 is 11.3 Å². The number of ether oxygens (including phenoxy) is 2. The van der Waals surface area contributed by atoms with Crippen molar-refractivity contribution in [1.29, 1.82) is 0 Å². The summed E-state index contributed by atoms with van der Waals surface area (Å²) in [6, 6.07) is 20.9. The Balaban J connectivity index is 1.43. The third kappa shape index (κ3) is 5.26. The number of hydrogen-bond donors (Lipinski definition) is 1. The van der Waals surface area contributed by atoms with Crippen molar-refractivity contribution in [2.75, 3.05) is 12.4 Å². The molecule has 1 amide bonds. The smallest absolute Gasteiger partial charge is 0.275 e. The molecule has 4 aromatic rings. The molecule has 31 heavy (non-hydrogen) atoms. The number of anilines is 1. The Kier molecular flexibility index (Phi) is 6.24. The van der Waals surface area contributed by atoms with Gasteiger partial charge in [0.25, 0.3) is 5.91 Å².